The Labute approximate surface area is 171 Å². The number of anilines is 1. The van der Waals surface area contributed by atoms with E-state index >= 15 is 0 Å². The molecule has 0 aromatic heterocycles. The first kappa shape index (κ1) is 21.0. The van der Waals surface area contributed by atoms with E-state index in [2.05, 4.69) is 5.32 Å². The van der Waals surface area contributed by atoms with Crippen LogP contribution in [0.2, 0.25) is 0 Å². The standard InChI is InChI=1S/C21H25N3O4S/c1-23(29(27,28)19-12-6-3-7-13-19)16-20(25)24-14-8-9-17(15-24)21(26)22-18-10-4-2-5-11-18/h2-7,10-13,17H,8-9,14-16H2,1H3,(H,22,26). The second-order valence-electron chi connectivity index (χ2n) is 7.11. The number of hydrogen-bond donors (Lipinski definition) is 1. The third-order valence-corrected chi connectivity index (χ3v) is 6.81. The van der Waals surface area contributed by atoms with E-state index in [4.69, 9.17) is 0 Å². The van der Waals surface area contributed by atoms with Crippen molar-refractivity contribution < 1.29 is 18.0 Å². The van der Waals surface area contributed by atoms with Gasteiger partial charge in [0.15, 0.2) is 0 Å². The summed E-state index contributed by atoms with van der Waals surface area (Å²) >= 11 is 0. The van der Waals surface area contributed by atoms with Gasteiger partial charge in [-0.15, -0.1) is 0 Å². The molecular weight excluding hydrogens is 390 g/mol. The molecule has 0 radical (unpaired) electrons. The number of likely N-dealkylation sites (N-methyl/N-ethyl adjacent to an activating group) is 1. The minimum atomic E-state index is -3.74. The Morgan fingerprint density at radius 3 is 2.34 bits per heavy atom. The number of carbonyl (C=O) groups is 2. The molecule has 1 atom stereocenters. The van der Waals surface area contributed by atoms with Crippen LogP contribution in [0.25, 0.3) is 0 Å². The van der Waals surface area contributed by atoms with E-state index in [1.807, 2.05) is 30.3 Å². The summed E-state index contributed by atoms with van der Waals surface area (Å²) in [7, 11) is -2.34. The Hall–Kier alpha value is -2.71. The van der Waals surface area contributed by atoms with Crippen molar-refractivity contribution in [2.45, 2.75) is 17.7 Å². The lowest BCUT2D eigenvalue weighted by atomic mass is 9.97. The topological polar surface area (TPSA) is 86.8 Å². The van der Waals surface area contributed by atoms with Gasteiger partial charge in [0.1, 0.15) is 0 Å². The second-order valence-corrected chi connectivity index (χ2v) is 9.15. The third kappa shape index (κ3) is 5.21. The molecule has 7 nitrogen and oxygen atoms in total. The minimum Gasteiger partial charge on any atom is -0.341 e. The Bertz CT molecular complexity index is 948. The summed E-state index contributed by atoms with van der Waals surface area (Å²) in [6.07, 6.45) is 1.40. The number of hydrogen-bond acceptors (Lipinski definition) is 4. The van der Waals surface area contributed by atoms with E-state index < -0.39 is 10.0 Å². The van der Waals surface area contributed by atoms with Gasteiger partial charge in [-0.05, 0) is 37.1 Å². The van der Waals surface area contributed by atoms with Gasteiger partial charge in [-0.25, -0.2) is 8.42 Å². The van der Waals surface area contributed by atoms with Gasteiger partial charge >= 0.3 is 0 Å². The van der Waals surface area contributed by atoms with Crippen LogP contribution in [-0.2, 0) is 19.6 Å². The zero-order valence-electron chi connectivity index (χ0n) is 16.3. The monoisotopic (exact) mass is 415 g/mol. The molecule has 2 amide bonds. The van der Waals surface area contributed by atoms with Gasteiger partial charge in [0, 0.05) is 25.8 Å². The summed E-state index contributed by atoms with van der Waals surface area (Å²) in [6.45, 7) is 0.550. The molecule has 154 valence electrons. The van der Waals surface area contributed by atoms with E-state index in [1.54, 1.807) is 23.1 Å². The van der Waals surface area contributed by atoms with Crippen molar-refractivity contribution in [1.82, 2.24) is 9.21 Å². The van der Waals surface area contributed by atoms with Crippen LogP contribution in [0.15, 0.2) is 65.6 Å². The zero-order valence-corrected chi connectivity index (χ0v) is 17.1. The Kier molecular flexibility index (Phi) is 6.66. The molecular formula is C21H25N3O4S. The predicted molar refractivity (Wildman–Crippen MR) is 111 cm³/mol. The fraction of sp³-hybridized carbons (Fsp3) is 0.333. The highest BCUT2D eigenvalue weighted by molar-refractivity contribution is 7.89. The first-order valence-corrected chi connectivity index (χ1v) is 11.0. The van der Waals surface area contributed by atoms with Crippen molar-refractivity contribution in [2.24, 2.45) is 5.92 Å². The molecule has 0 spiro atoms. The number of sulfonamides is 1. The normalized spacial score (nSPS) is 17.2. The van der Waals surface area contributed by atoms with Crippen LogP contribution in [0, 0.1) is 5.92 Å². The molecule has 1 saturated heterocycles. The average molecular weight is 416 g/mol. The number of likely N-dealkylation sites (tertiary alicyclic amines) is 1. The SMILES string of the molecule is CN(CC(=O)N1CCCC(C(=O)Nc2ccccc2)C1)S(=O)(=O)c1ccccc1. The van der Waals surface area contributed by atoms with Crippen molar-refractivity contribution in [2.75, 3.05) is 32.0 Å². The number of para-hydroxylation sites is 1. The first-order valence-electron chi connectivity index (χ1n) is 9.53. The molecule has 2 aromatic rings. The summed E-state index contributed by atoms with van der Waals surface area (Å²) in [5.74, 6) is -0.743. The maximum absolute atomic E-state index is 12.7. The van der Waals surface area contributed by atoms with Crippen LogP contribution in [0.1, 0.15) is 12.8 Å². The molecule has 1 fully saturated rings. The number of nitrogens with one attached hydrogen (secondary N) is 1. The lowest BCUT2D eigenvalue weighted by Crippen LogP contribution is -2.47. The summed E-state index contributed by atoms with van der Waals surface area (Å²) < 4.78 is 26.3. The van der Waals surface area contributed by atoms with Gasteiger partial charge in [0.05, 0.1) is 17.4 Å². The molecule has 0 bridgehead atoms. The number of nitrogens with zero attached hydrogens (tertiary/aromatic N) is 2. The molecule has 1 aliphatic heterocycles. The van der Waals surface area contributed by atoms with Gasteiger partial charge in [-0.1, -0.05) is 36.4 Å². The molecule has 2 aromatic carbocycles. The fourth-order valence-corrected chi connectivity index (χ4v) is 4.47. The molecule has 1 aliphatic rings. The summed E-state index contributed by atoms with van der Waals surface area (Å²) in [4.78, 5) is 27.0. The minimum absolute atomic E-state index is 0.126. The van der Waals surface area contributed by atoms with Gasteiger partial charge < -0.3 is 10.2 Å². The molecule has 8 heteroatoms. The molecule has 1 unspecified atom stereocenters. The Balaban J connectivity index is 1.60. The lowest BCUT2D eigenvalue weighted by Gasteiger charge is -2.33. The van der Waals surface area contributed by atoms with Crippen molar-refractivity contribution >= 4 is 27.5 Å². The first-order chi connectivity index (χ1) is 13.9. The molecule has 3 rings (SSSR count). The third-order valence-electron chi connectivity index (χ3n) is 5.00. The van der Waals surface area contributed by atoms with E-state index in [1.165, 1.54) is 19.2 Å². The maximum Gasteiger partial charge on any atom is 0.243 e. The number of rotatable bonds is 6. The van der Waals surface area contributed by atoms with Crippen LogP contribution in [-0.4, -0.2) is 56.1 Å². The largest absolute Gasteiger partial charge is 0.341 e. The number of carbonyl (C=O) groups excluding carboxylic acids is 2. The van der Waals surface area contributed by atoms with Crippen LogP contribution in [0.3, 0.4) is 0 Å². The smallest absolute Gasteiger partial charge is 0.243 e. The lowest BCUT2D eigenvalue weighted by molar-refractivity contribution is -0.134. The second kappa shape index (κ2) is 9.19. The van der Waals surface area contributed by atoms with Gasteiger partial charge in [-0.3, -0.25) is 9.59 Å². The van der Waals surface area contributed by atoms with Crippen LogP contribution in [0.4, 0.5) is 5.69 Å². The quantitative estimate of drug-likeness (QED) is 0.784. The number of amides is 2. The molecule has 0 aliphatic carbocycles. The highest BCUT2D eigenvalue weighted by Gasteiger charge is 2.30. The van der Waals surface area contributed by atoms with Crippen molar-refractivity contribution in [1.29, 1.82) is 0 Å². The fourth-order valence-electron chi connectivity index (χ4n) is 3.33. The predicted octanol–water partition coefficient (Wildman–Crippen LogP) is 2.18. The highest BCUT2D eigenvalue weighted by atomic mass is 32.2. The summed E-state index contributed by atoms with van der Waals surface area (Å²) in [5.41, 5.74) is 0.717. The van der Waals surface area contributed by atoms with Crippen LogP contribution in [0.5, 0.6) is 0 Å². The van der Waals surface area contributed by atoms with Gasteiger partial charge in [0.2, 0.25) is 21.8 Å². The van der Waals surface area contributed by atoms with Gasteiger partial charge in [-0.2, -0.15) is 4.31 Å². The van der Waals surface area contributed by atoms with E-state index in [0.717, 1.165) is 9.99 Å². The number of piperidine rings is 1. The van der Waals surface area contributed by atoms with E-state index in [9.17, 15) is 18.0 Å². The molecule has 1 heterocycles. The number of benzene rings is 2. The van der Waals surface area contributed by atoms with Crippen molar-refractivity contribution in [3.63, 3.8) is 0 Å². The van der Waals surface area contributed by atoms with Crippen molar-refractivity contribution in [3.8, 4) is 0 Å². The summed E-state index contributed by atoms with van der Waals surface area (Å²) in [6, 6.07) is 17.2. The van der Waals surface area contributed by atoms with E-state index in [-0.39, 0.29) is 35.7 Å². The Morgan fingerprint density at radius 1 is 1.07 bits per heavy atom. The van der Waals surface area contributed by atoms with Gasteiger partial charge in [0.25, 0.3) is 0 Å². The molecule has 1 N–H and O–H groups in total. The Morgan fingerprint density at radius 2 is 1.69 bits per heavy atom. The molecule has 0 saturated carbocycles. The van der Waals surface area contributed by atoms with Crippen LogP contribution < -0.4 is 5.32 Å². The van der Waals surface area contributed by atoms with Crippen LogP contribution >= 0.6 is 0 Å². The van der Waals surface area contributed by atoms with Crippen molar-refractivity contribution in [3.05, 3.63) is 60.7 Å². The maximum atomic E-state index is 12.7. The highest BCUT2D eigenvalue weighted by Crippen LogP contribution is 2.20. The molecule has 29 heavy (non-hydrogen) atoms. The zero-order chi connectivity index (χ0) is 20.9. The summed E-state index contributed by atoms with van der Waals surface area (Å²) in [5, 5.41) is 2.87. The average Bonchev–Trinajstić information content (AvgIpc) is 2.75. The van der Waals surface area contributed by atoms with E-state index in [0.29, 0.717) is 19.4 Å².